The van der Waals surface area contributed by atoms with Gasteiger partial charge in [-0.05, 0) is 33.4 Å². The maximum atomic E-state index is 14.7. The summed E-state index contributed by atoms with van der Waals surface area (Å²) in [5, 5.41) is 49.8. The topological polar surface area (TPSA) is 209 Å². The molecule has 4 aliphatic rings. The molecule has 58 heavy (non-hydrogen) atoms. The highest BCUT2D eigenvalue weighted by molar-refractivity contribution is 6.19. The number of nitrogens with zero attached hydrogens (tertiary/aromatic N) is 3. The molecular formula is C43H56N4O11. The molecule has 2 aromatic rings. The van der Waals surface area contributed by atoms with Gasteiger partial charge in [0.25, 0.3) is 11.7 Å². The van der Waals surface area contributed by atoms with Crippen molar-refractivity contribution in [3.8, 4) is 17.2 Å². The third-order valence-corrected chi connectivity index (χ3v) is 12.4. The molecule has 4 aliphatic heterocycles. The van der Waals surface area contributed by atoms with E-state index in [1.165, 1.54) is 27.2 Å². The minimum absolute atomic E-state index is 0.0310. The van der Waals surface area contributed by atoms with Gasteiger partial charge in [-0.2, -0.15) is 0 Å². The number of Topliss-reactive ketones (excluding diaryl/α,β-unsaturated/α-hetero) is 1. The van der Waals surface area contributed by atoms with Gasteiger partial charge in [0.1, 0.15) is 28.6 Å². The highest BCUT2D eigenvalue weighted by Gasteiger charge is 2.50. The fourth-order valence-corrected chi connectivity index (χ4v) is 8.75. The first-order valence-corrected chi connectivity index (χ1v) is 19.7. The van der Waals surface area contributed by atoms with Gasteiger partial charge in [0, 0.05) is 74.2 Å². The van der Waals surface area contributed by atoms with Gasteiger partial charge in [0.2, 0.25) is 0 Å². The quantitative estimate of drug-likeness (QED) is 0.219. The molecular weight excluding hydrogens is 748 g/mol. The van der Waals surface area contributed by atoms with Gasteiger partial charge < -0.3 is 49.6 Å². The molecule has 1 amide bonds. The second kappa shape index (κ2) is 16.1. The maximum Gasteiger partial charge on any atom is 0.312 e. The molecule has 314 valence electrons. The number of esters is 1. The Balaban J connectivity index is 1.56. The van der Waals surface area contributed by atoms with E-state index in [4.69, 9.17) is 28.9 Å². The van der Waals surface area contributed by atoms with Crippen molar-refractivity contribution < 1.29 is 53.8 Å². The van der Waals surface area contributed by atoms with Crippen LogP contribution in [0, 0.1) is 30.6 Å². The number of hydrogen-bond donors (Lipinski definition) is 5. The summed E-state index contributed by atoms with van der Waals surface area (Å²) in [7, 11) is 3.44. The lowest BCUT2D eigenvalue weighted by atomic mass is 9.78. The first kappa shape index (κ1) is 42.8. The van der Waals surface area contributed by atoms with Crippen molar-refractivity contribution in [3.63, 3.8) is 0 Å². The number of phenols is 2. The number of likely N-dealkylation sites (N-methyl/N-ethyl adjacent to an activating group) is 1. The van der Waals surface area contributed by atoms with Crippen LogP contribution in [0.5, 0.6) is 17.2 Å². The minimum Gasteiger partial charge on any atom is -0.507 e. The molecule has 15 nitrogen and oxygen atoms in total. The number of ketones is 1. The van der Waals surface area contributed by atoms with E-state index in [0.29, 0.717) is 13.0 Å². The van der Waals surface area contributed by atoms with Crippen LogP contribution in [0.4, 0.5) is 5.69 Å². The van der Waals surface area contributed by atoms with Gasteiger partial charge in [-0.15, -0.1) is 0 Å². The standard InChI is InChI=1S/C43H56N4O11/c1-20-12-11-13-21(2)41(54)45-33-32-31(46-43(18-44-32)15-16-47(9)19-43)28-29(37(33)52)36(51)25(6)39-30(28)40(53)42(8,58-39)56-17-14-27(55-10)22(3)38(57-26(7)48)24(5)35(50)23(4)34(20)49/h11-14,17,20,22-24,27,34-35,38,49-52H,15-16,18-19H2,1-10H3,(H,45,54)/b12-11+,17-14+,21-13-/t20-,22?,23-,24-,27-,34+,35+,38-,42-,43?/m0/s1. The number of allylic oxidation sites excluding steroid dienone is 2. The Morgan fingerprint density at radius 1 is 1.00 bits per heavy atom. The maximum absolute atomic E-state index is 14.7. The smallest absolute Gasteiger partial charge is 0.312 e. The molecule has 1 saturated heterocycles. The molecule has 1 spiro atoms. The Bertz CT molecular complexity index is 2240. The number of aromatic hydroxyl groups is 2. The number of phenolic OH excluding ortho intramolecular Hbond substituents is 2. The van der Waals surface area contributed by atoms with Crippen LogP contribution in [0.25, 0.3) is 10.8 Å². The summed E-state index contributed by atoms with van der Waals surface area (Å²) in [6.07, 6.45) is 4.59. The number of nitrogens with one attached hydrogen (secondary N) is 1. The largest absolute Gasteiger partial charge is 0.507 e. The summed E-state index contributed by atoms with van der Waals surface area (Å²) < 4.78 is 23.9. The minimum atomic E-state index is -1.96. The van der Waals surface area contributed by atoms with Crippen molar-refractivity contribution >= 4 is 34.1 Å². The number of aliphatic hydroxyl groups excluding tert-OH is 2. The molecule has 0 saturated carbocycles. The molecule has 4 heterocycles. The molecule has 0 aromatic heterocycles. The Labute approximate surface area is 337 Å². The monoisotopic (exact) mass is 804 g/mol. The second-order valence-corrected chi connectivity index (χ2v) is 16.7. The Hall–Kier alpha value is -4.83. The van der Waals surface area contributed by atoms with Crippen molar-refractivity contribution in [3.05, 3.63) is 58.0 Å². The number of benzene rings is 2. The lowest BCUT2D eigenvalue weighted by Gasteiger charge is -2.38. The van der Waals surface area contributed by atoms with Crippen molar-refractivity contribution in [1.82, 2.24) is 4.90 Å². The van der Waals surface area contributed by atoms with E-state index in [1.54, 1.807) is 65.8 Å². The zero-order valence-corrected chi connectivity index (χ0v) is 34.8. The van der Waals surface area contributed by atoms with Crippen LogP contribution in [-0.4, -0.2) is 113 Å². The lowest BCUT2D eigenvalue weighted by molar-refractivity contribution is -0.160. The van der Waals surface area contributed by atoms with Crippen LogP contribution in [-0.2, 0) is 23.8 Å². The van der Waals surface area contributed by atoms with Crippen LogP contribution in [0.3, 0.4) is 0 Å². The number of carbonyl (C=O) groups is 3. The predicted octanol–water partition coefficient (Wildman–Crippen LogP) is 3.38. The summed E-state index contributed by atoms with van der Waals surface area (Å²) in [4.78, 5) is 53.0. The first-order chi connectivity index (χ1) is 27.3. The molecule has 15 heteroatoms. The van der Waals surface area contributed by atoms with Crippen molar-refractivity contribution in [2.45, 2.75) is 97.6 Å². The third kappa shape index (κ3) is 7.49. The molecule has 10 atom stereocenters. The predicted molar refractivity (Wildman–Crippen MR) is 214 cm³/mol. The van der Waals surface area contributed by atoms with Gasteiger partial charge in [-0.1, -0.05) is 45.9 Å². The van der Waals surface area contributed by atoms with Crippen LogP contribution in [0.1, 0.15) is 70.8 Å². The summed E-state index contributed by atoms with van der Waals surface area (Å²) >= 11 is 0. The molecule has 2 aromatic carbocycles. The molecule has 1 fully saturated rings. The van der Waals surface area contributed by atoms with E-state index in [2.05, 4.69) is 10.2 Å². The number of amides is 1. The van der Waals surface area contributed by atoms with Gasteiger partial charge in [0.15, 0.2) is 5.75 Å². The lowest BCUT2D eigenvalue weighted by Crippen LogP contribution is -2.46. The number of aliphatic hydroxyl groups is 2. The number of ether oxygens (including phenoxy) is 4. The van der Waals surface area contributed by atoms with Gasteiger partial charge in [0.05, 0.1) is 53.0 Å². The molecule has 0 aliphatic carbocycles. The molecule has 5 N–H and O–H groups in total. The molecule has 2 unspecified atom stereocenters. The summed E-state index contributed by atoms with van der Waals surface area (Å²) in [5.74, 6) is -6.92. The summed E-state index contributed by atoms with van der Waals surface area (Å²) in [5.41, 5.74) is -0.298. The number of anilines is 1. The fraction of sp³-hybridized carbons (Fsp3) is 0.558. The van der Waals surface area contributed by atoms with Gasteiger partial charge >= 0.3 is 11.8 Å². The average molecular weight is 805 g/mol. The van der Waals surface area contributed by atoms with Crippen LogP contribution in [0.2, 0.25) is 0 Å². The van der Waals surface area contributed by atoms with Crippen molar-refractivity contribution in [1.29, 1.82) is 0 Å². The Morgan fingerprint density at radius 2 is 1.71 bits per heavy atom. The fourth-order valence-electron chi connectivity index (χ4n) is 8.75. The number of likely N-dealkylation sites (tertiary alicyclic amines) is 1. The third-order valence-electron chi connectivity index (χ3n) is 12.4. The molecule has 4 bridgehead atoms. The highest BCUT2D eigenvalue weighted by atomic mass is 16.7. The van der Waals surface area contributed by atoms with E-state index in [0.717, 1.165) is 6.54 Å². The number of fused-ring (bicyclic) bond motifs is 1. The van der Waals surface area contributed by atoms with Crippen molar-refractivity contribution in [2.24, 2.45) is 33.7 Å². The normalized spacial score (nSPS) is 35.3. The van der Waals surface area contributed by atoms with E-state index >= 15 is 0 Å². The number of rotatable bonds is 2. The number of hydrogen-bond acceptors (Lipinski definition) is 14. The number of carbonyl (C=O) groups excluding carboxylic acids is 3. The SMILES string of the molecule is CO[C@H]1/C=C/O[C@@]2(C)Oc3c(C)c(O)c4c(O)c(c5c(c4c3C2=O)=NC2(CCN(C)C2)CN=5)NC(=O)/C(C)=C\C=C\[C@H](C)[C@@H](O)[C@H](C)[C@@H](O)[C@H](C)[C@@H](OC(C)=O)C1C. The highest BCUT2D eigenvalue weighted by Crippen LogP contribution is 2.49. The Kier molecular flexibility index (Phi) is 11.9. The summed E-state index contributed by atoms with van der Waals surface area (Å²) in [6, 6.07) is 0. The average Bonchev–Trinajstić information content (AvgIpc) is 3.67. The van der Waals surface area contributed by atoms with Crippen LogP contribution in [0.15, 0.2) is 46.1 Å². The van der Waals surface area contributed by atoms with Crippen LogP contribution >= 0.6 is 0 Å². The number of methoxy groups -OCH3 is 1. The first-order valence-electron chi connectivity index (χ1n) is 19.7. The summed E-state index contributed by atoms with van der Waals surface area (Å²) in [6.45, 7) is 14.4. The van der Waals surface area contributed by atoms with E-state index < -0.39 is 82.8 Å². The van der Waals surface area contributed by atoms with Crippen LogP contribution < -0.4 is 20.8 Å². The second-order valence-electron chi connectivity index (χ2n) is 16.7. The van der Waals surface area contributed by atoms with Crippen molar-refractivity contribution in [2.75, 3.05) is 39.1 Å². The molecule has 0 radical (unpaired) electrons. The van der Waals surface area contributed by atoms with E-state index in [-0.39, 0.29) is 61.9 Å². The zero-order chi connectivity index (χ0) is 42.6. The van der Waals surface area contributed by atoms with Gasteiger partial charge in [-0.25, -0.2) is 0 Å². The van der Waals surface area contributed by atoms with E-state index in [9.17, 15) is 34.8 Å². The molecule has 6 rings (SSSR count). The Morgan fingerprint density at radius 3 is 2.34 bits per heavy atom. The van der Waals surface area contributed by atoms with Gasteiger partial charge in [-0.3, -0.25) is 24.4 Å². The van der Waals surface area contributed by atoms with E-state index in [1.807, 2.05) is 7.05 Å². The zero-order valence-electron chi connectivity index (χ0n) is 34.8.